The lowest BCUT2D eigenvalue weighted by atomic mass is 9.88. The average molecular weight is 502 g/mol. The van der Waals surface area contributed by atoms with E-state index in [1.807, 2.05) is 12.1 Å². The number of hydrogen-bond donors (Lipinski definition) is 2. The van der Waals surface area contributed by atoms with E-state index in [9.17, 15) is 22.4 Å². The SMILES string of the molecule is NC(=O)c1ccccc1[C@H](CCCCN[C@@H]1C[C@H]1c1ccc(F)cc1)C(=O)N1CCS(=O)(=O)CC1. The van der Waals surface area contributed by atoms with Gasteiger partial charge in [0.05, 0.1) is 17.4 Å². The van der Waals surface area contributed by atoms with Gasteiger partial charge in [0.15, 0.2) is 9.84 Å². The first kappa shape index (κ1) is 25.3. The molecule has 4 rings (SSSR count). The molecule has 188 valence electrons. The van der Waals surface area contributed by atoms with Crippen LogP contribution in [0, 0.1) is 5.82 Å². The van der Waals surface area contributed by atoms with Gasteiger partial charge in [-0.1, -0.05) is 36.8 Å². The second-order valence-corrected chi connectivity index (χ2v) is 11.7. The molecule has 2 aromatic carbocycles. The fraction of sp³-hybridized carbons (Fsp3) is 0.462. The number of carbonyl (C=O) groups is 2. The maximum absolute atomic E-state index is 13.4. The van der Waals surface area contributed by atoms with Crippen LogP contribution in [0.4, 0.5) is 4.39 Å². The molecule has 0 aromatic heterocycles. The summed E-state index contributed by atoms with van der Waals surface area (Å²) in [5, 5.41) is 3.53. The number of carbonyl (C=O) groups excluding carboxylic acids is 2. The highest BCUT2D eigenvalue weighted by Crippen LogP contribution is 2.40. The molecule has 35 heavy (non-hydrogen) atoms. The van der Waals surface area contributed by atoms with Crippen LogP contribution in [0.1, 0.15) is 59.0 Å². The third-order valence-corrected chi connectivity index (χ3v) is 8.58. The van der Waals surface area contributed by atoms with Crippen LogP contribution in [0.2, 0.25) is 0 Å². The summed E-state index contributed by atoms with van der Waals surface area (Å²) in [6.45, 7) is 1.14. The van der Waals surface area contributed by atoms with E-state index in [2.05, 4.69) is 5.32 Å². The smallest absolute Gasteiger partial charge is 0.249 e. The molecule has 1 heterocycles. The van der Waals surface area contributed by atoms with Crippen LogP contribution in [0.15, 0.2) is 48.5 Å². The largest absolute Gasteiger partial charge is 0.366 e. The van der Waals surface area contributed by atoms with Gasteiger partial charge in [-0.25, -0.2) is 12.8 Å². The standard InChI is InChI=1S/C26H32FN3O4S/c27-19-10-8-18(9-11-19)23-17-24(23)29-12-4-3-7-22(20-5-1-2-6-21(20)25(28)31)26(32)30-13-15-35(33,34)16-14-30/h1-2,5-6,8-11,22-24,29H,3-4,7,12-17H2,(H2,28,31)/t22-,23-,24+/m0/s1. The number of nitrogens with zero attached hydrogens (tertiary/aromatic N) is 1. The molecule has 0 radical (unpaired) electrons. The Morgan fingerprint density at radius 1 is 1.06 bits per heavy atom. The number of nitrogens with two attached hydrogens (primary N) is 1. The number of primary amides is 1. The molecule has 2 amide bonds. The van der Waals surface area contributed by atoms with Gasteiger partial charge in [0.25, 0.3) is 0 Å². The normalized spacial score (nSPS) is 21.9. The first-order valence-electron chi connectivity index (χ1n) is 12.1. The zero-order chi connectivity index (χ0) is 25.0. The molecule has 2 aliphatic rings. The summed E-state index contributed by atoms with van der Waals surface area (Å²) in [6, 6.07) is 13.9. The Hall–Kier alpha value is -2.78. The summed E-state index contributed by atoms with van der Waals surface area (Å²) in [5.74, 6) is -1.18. The number of sulfone groups is 1. The summed E-state index contributed by atoms with van der Waals surface area (Å²) in [6.07, 6.45) is 3.18. The molecule has 3 N–H and O–H groups in total. The van der Waals surface area contributed by atoms with Crippen molar-refractivity contribution in [3.63, 3.8) is 0 Å². The Balaban J connectivity index is 1.34. The molecular formula is C26H32FN3O4S. The van der Waals surface area contributed by atoms with Crippen LogP contribution in [0.5, 0.6) is 0 Å². The Kier molecular flexibility index (Phi) is 7.86. The zero-order valence-corrected chi connectivity index (χ0v) is 20.5. The predicted molar refractivity (Wildman–Crippen MR) is 132 cm³/mol. The fourth-order valence-corrected chi connectivity index (χ4v) is 6.05. The van der Waals surface area contributed by atoms with Crippen LogP contribution in [-0.2, 0) is 14.6 Å². The van der Waals surface area contributed by atoms with Crippen LogP contribution in [0.3, 0.4) is 0 Å². The molecule has 0 unspecified atom stereocenters. The van der Waals surface area contributed by atoms with E-state index in [0.29, 0.717) is 29.5 Å². The summed E-state index contributed by atoms with van der Waals surface area (Å²) < 4.78 is 36.8. The molecule has 0 spiro atoms. The average Bonchev–Trinajstić information content (AvgIpc) is 3.61. The van der Waals surface area contributed by atoms with E-state index in [1.165, 1.54) is 12.1 Å². The second-order valence-electron chi connectivity index (χ2n) is 9.43. The van der Waals surface area contributed by atoms with Gasteiger partial charge in [0.2, 0.25) is 11.8 Å². The number of unbranched alkanes of at least 4 members (excludes halogenated alkanes) is 1. The molecule has 1 aliphatic carbocycles. The Morgan fingerprint density at radius 3 is 2.43 bits per heavy atom. The van der Waals surface area contributed by atoms with Gasteiger partial charge in [-0.3, -0.25) is 9.59 Å². The molecule has 3 atom stereocenters. The van der Waals surface area contributed by atoms with Crippen LogP contribution in [-0.4, -0.2) is 62.3 Å². The predicted octanol–water partition coefficient (Wildman–Crippen LogP) is 2.58. The Bertz CT molecular complexity index is 1160. The summed E-state index contributed by atoms with van der Waals surface area (Å²) in [5.41, 5.74) is 7.65. The van der Waals surface area contributed by atoms with Crippen LogP contribution < -0.4 is 11.1 Å². The highest BCUT2D eigenvalue weighted by Gasteiger charge is 2.37. The highest BCUT2D eigenvalue weighted by molar-refractivity contribution is 7.91. The number of benzene rings is 2. The van der Waals surface area contributed by atoms with Crippen molar-refractivity contribution >= 4 is 21.7 Å². The van der Waals surface area contributed by atoms with Crippen molar-refractivity contribution in [2.75, 3.05) is 31.1 Å². The number of amides is 2. The quantitative estimate of drug-likeness (QED) is 0.487. The van der Waals surface area contributed by atoms with Crippen molar-refractivity contribution in [2.24, 2.45) is 5.73 Å². The Labute approximate surface area is 205 Å². The van der Waals surface area contributed by atoms with Gasteiger partial charge in [-0.15, -0.1) is 0 Å². The van der Waals surface area contributed by atoms with Crippen molar-refractivity contribution in [3.05, 3.63) is 71.0 Å². The minimum absolute atomic E-state index is 0.0382. The number of halogens is 1. The zero-order valence-electron chi connectivity index (χ0n) is 19.7. The van der Waals surface area contributed by atoms with Gasteiger partial charge in [0.1, 0.15) is 5.82 Å². The molecule has 1 saturated heterocycles. The van der Waals surface area contributed by atoms with Gasteiger partial charge in [0, 0.05) is 30.6 Å². The maximum atomic E-state index is 13.4. The van der Waals surface area contributed by atoms with Crippen molar-refractivity contribution < 1.29 is 22.4 Å². The molecule has 0 bridgehead atoms. The van der Waals surface area contributed by atoms with Gasteiger partial charge < -0.3 is 16.0 Å². The molecule has 1 aliphatic heterocycles. The highest BCUT2D eigenvalue weighted by atomic mass is 32.2. The monoisotopic (exact) mass is 501 g/mol. The first-order valence-corrected chi connectivity index (χ1v) is 13.9. The minimum Gasteiger partial charge on any atom is -0.366 e. The Morgan fingerprint density at radius 2 is 1.74 bits per heavy atom. The topological polar surface area (TPSA) is 110 Å². The molecule has 1 saturated carbocycles. The molecule has 2 fully saturated rings. The summed E-state index contributed by atoms with van der Waals surface area (Å²) >= 11 is 0. The minimum atomic E-state index is -3.11. The second kappa shape index (κ2) is 10.9. The molecule has 2 aromatic rings. The van der Waals surface area contributed by atoms with E-state index < -0.39 is 21.7 Å². The van der Waals surface area contributed by atoms with E-state index in [1.54, 1.807) is 29.2 Å². The molecule has 7 nitrogen and oxygen atoms in total. The number of nitrogens with one attached hydrogen (secondary N) is 1. The lowest BCUT2D eigenvalue weighted by molar-refractivity contribution is -0.132. The van der Waals surface area contributed by atoms with E-state index in [4.69, 9.17) is 5.73 Å². The number of hydrogen-bond acceptors (Lipinski definition) is 5. The van der Waals surface area contributed by atoms with Crippen molar-refractivity contribution in [1.29, 1.82) is 0 Å². The van der Waals surface area contributed by atoms with E-state index >= 15 is 0 Å². The van der Waals surface area contributed by atoms with Gasteiger partial charge >= 0.3 is 0 Å². The van der Waals surface area contributed by atoms with Crippen molar-refractivity contribution in [1.82, 2.24) is 10.2 Å². The molecule has 9 heteroatoms. The van der Waals surface area contributed by atoms with Gasteiger partial charge in [-0.05, 0) is 55.1 Å². The summed E-state index contributed by atoms with van der Waals surface area (Å²) in [4.78, 5) is 27.0. The number of rotatable bonds is 10. The summed E-state index contributed by atoms with van der Waals surface area (Å²) in [7, 11) is -3.11. The lowest BCUT2D eigenvalue weighted by Crippen LogP contribution is -2.45. The first-order chi connectivity index (χ1) is 16.7. The van der Waals surface area contributed by atoms with Crippen LogP contribution >= 0.6 is 0 Å². The van der Waals surface area contributed by atoms with Crippen molar-refractivity contribution in [3.8, 4) is 0 Å². The van der Waals surface area contributed by atoms with E-state index in [-0.39, 0.29) is 36.3 Å². The maximum Gasteiger partial charge on any atom is 0.249 e. The third-order valence-electron chi connectivity index (χ3n) is 6.97. The van der Waals surface area contributed by atoms with Gasteiger partial charge in [-0.2, -0.15) is 0 Å². The lowest BCUT2D eigenvalue weighted by Gasteiger charge is -2.31. The van der Waals surface area contributed by atoms with E-state index in [0.717, 1.165) is 31.4 Å². The molecular weight excluding hydrogens is 469 g/mol. The van der Waals surface area contributed by atoms with Crippen molar-refractivity contribution in [2.45, 2.75) is 43.6 Å². The third kappa shape index (κ3) is 6.46. The fourth-order valence-electron chi connectivity index (χ4n) is 4.85. The van der Waals surface area contributed by atoms with Crippen LogP contribution in [0.25, 0.3) is 0 Å².